The second kappa shape index (κ2) is 20.1. The van der Waals surface area contributed by atoms with E-state index >= 15 is 0 Å². The first kappa shape index (κ1) is 36.3. The normalized spacial score (nSPS) is 11.9. The molecule has 0 aliphatic carbocycles. The topological polar surface area (TPSA) is 78.9 Å². The number of hydrogen-bond acceptors (Lipinski definition) is 3. The van der Waals surface area contributed by atoms with Crippen LogP contribution < -0.4 is 16.2 Å². The highest BCUT2D eigenvalue weighted by Crippen LogP contribution is 2.31. The second-order valence-electron chi connectivity index (χ2n) is 11.4. The number of rotatable bonds is 21. The number of benzene rings is 2. The summed E-state index contributed by atoms with van der Waals surface area (Å²) in [6.45, 7) is 2.89. The second-order valence-corrected chi connectivity index (χ2v) is 13.3. The van der Waals surface area contributed by atoms with Crippen molar-refractivity contribution in [1.82, 2.24) is 15.1 Å². The van der Waals surface area contributed by atoms with Crippen molar-refractivity contribution in [2.45, 2.75) is 109 Å². The molecule has 3 rings (SSSR count). The molecule has 6 nitrogen and oxygen atoms in total. The summed E-state index contributed by atoms with van der Waals surface area (Å²) >= 11 is 25.0. The molecule has 0 fully saturated rings. The van der Waals surface area contributed by atoms with Crippen LogP contribution in [0.4, 0.5) is 11.5 Å². The van der Waals surface area contributed by atoms with Gasteiger partial charge in [-0.15, -0.1) is 11.6 Å². The van der Waals surface area contributed by atoms with Gasteiger partial charge in [-0.1, -0.05) is 125 Å². The number of halogens is 4. The van der Waals surface area contributed by atoms with Crippen LogP contribution in [0.5, 0.6) is 0 Å². The van der Waals surface area contributed by atoms with Gasteiger partial charge in [0.15, 0.2) is 0 Å². The van der Waals surface area contributed by atoms with Crippen LogP contribution in [0.2, 0.25) is 15.1 Å². The summed E-state index contributed by atoms with van der Waals surface area (Å²) in [6, 6.07) is 11.5. The minimum Gasteiger partial charge on any atom is -0.352 e. The van der Waals surface area contributed by atoms with E-state index in [0.717, 1.165) is 19.3 Å². The van der Waals surface area contributed by atoms with Crippen LogP contribution in [0.25, 0.3) is 5.69 Å². The number of aromatic amines is 1. The number of aromatic nitrogens is 2. The van der Waals surface area contributed by atoms with E-state index in [1.54, 1.807) is 18.2 Å². The standard InChI is InChI=1S/C34H46Cl4N4O2/c1-2-3-4-12-17-26(35)18-13-10-8-6-5-7-9-11-14-20-39-34(44)25-16-15-19-28(21-25)40-31-24-32(43)42(41-31)33-29(37)22-27(36)23-30(33)38/h15-16,19,21-24,26,40-41H,2-14,17-18,20H2,1H3,(H,39,44). The lowest BCUT2D eigenvalue weighted by Crippen LogP contribution is -2.24. The molecule has 1 amide bonds. The van der Waals surface area contributed by atoms with Crippen molar-refractivity contribution in [1.29, 1.82) is 0 Å². The number of carbonyl (C=O) groups excluding carboxylic acids is 1. The fourth-order valence-electron chi connectivity index (χ4n) is 5.24. The van der Waals surface area contributed by atoms with Crippen LogP contribution >= 0.6 is 46.4 Å². The van der Waals surface area contributed by atoms with Crippen LogP contribution in [0.15, 0.2) is 47.3 Å². The first-order chi connectivity index (χ1) is 21.3. The molecule has 10 heteroatoms. The molecule has 0 saturated heterocycles. The Morgan fingerprint density at radius 2 is 1.41 bits per heavy atom. The molecular weight excluding hydrogens is 638 g/mol. The van der Waals surface area contributed by atoms with Crippen molar-refractivity contribution >= 4 is 63.8 Å². The van der Waals surface area contributed by atoms with Crippen molar-refractivity contribution in [3.63, 3.8) is 0 Å². The highest BCUT2D eigenvalue weighted by atomic mass is 35.5. The van der Waals surface area contributed by atoms with Crippen molar-refractivity contribution in [2.75, 3.05) is 11.9 Å². The average Bonchev–Trinajstić information content (AvgIpc) is 3.34. The number of hydrogen-bond donors (Lipinski definition) is 3. The molecule has 0 radical (unpaired) electrons. The third-order valence-electron chi connectivity index (χ3n) is 7.68. The van der Waals surface area contributed by atoms with Crippen molar-refractivity contribution in [3.8, 4) is 5.69 Å². The SMILES string of the molecule is CCCCCCC(Cl)CCCCCCCCCCCNC(=O)c1cccc(Nc2cc(=O)n(-c3c(Cl)cc(Cl)cc3Cl)[nH]2)c1. The first-order valence-corrected chi connectivity index (χ1v) is 17.6. The maximum absolute atomic E-state index is 12.7. The van der Waals surface area contributed by atoms with Crippen LogP contribution in [0.1, 0.15) is 114 Å². The summed E-state index contributed by atoms with van der Waals surface area (Å²) in [5, 5.41) is 10.3. The maximum Gasteiger partial charge on any atom is 0.273 e. The number of amides is 1. The first-order valence-electron chi connectivity index (χ1n) is 16.0. The van der Waals surface area contributed by atoms with E-state index in [0.29, 0.717) is 39.7 Å². The summed E-state index contributed by atoms with van der Waals surface area (Å²) in [4.78, 5) is 25.3. The third kappa shape index (κ3) is 12.7. The maximum atomic E-state index is 12.7. The van der Waals surface area contributed by atoms with E-state index in [9.17, 15) is 9.59 Å². The molecular formula is C34H46Cl4N4O2. The summed E-state index contributed by atoms with van der Waals surface area (Å²) in [5.41, 5.74) is 1.15. The summed E-state index contributed by atoms with van der Waals surface area (Å²) in [6.07, 6.45) is 18.5. The highest BCUT2D eigenvalue weighted by molar-refractivity contribution is 6.40. The lowest BCUT2D eigenvalue weighted by Gasteiger charge is -2.10. The largest absolute Gasteiger partial charge is 0.352 e. The van der Waals surface area contributed by atoms with E-state index in [4.69, 9.17) is 46.4 Å². The lowest BCUT2D eigenvalue weighted by molar-refractivity contribution is 0.0953. The zero-order valence-electron chi connectivity index (χ0n) is 25.7. The van der Waals surface area contributed by atoms with Gasteiger partial charge in [0, 0.05) is 34.3 Å². The zero-order chi connectivity index (χ0) is 31.7. The number of unbranched alkanes of at least 4 members (excludes halogenated alkanes) is 11. The quantitative estimate of drug-likeness (QED) is 0.0772. The van der Waals surface area contributed by atoms with Crippen molar-refractivity contribution < 1.29 is 4.79 Å². The molecule has 1 heterocycles. The van der Waals surface area contributed by atoms with Crippen LogP contribution in [-0.2, 0) is 0 Å². The number of nitrogens with one attached hydrogen (secondary N) is 3. The molecule has 0 aliphatic heterocycles. The van der Waals surface area contributed by atoms with Crippen LogP contribution in [-0.4, -0.2) is 27.6 Å². The molecule has 0 bridgehead atoms. The number of H-pyrrole nitrogens is 1. The Bertz CT molecular complexity index is 1330. The summed E-state index contributed by atoms with van der Waals surface area (Å²) < 4.78 is 1.24. The van der Waals surface area contributed by atoms with Gasteiger partial charge in [0.25, 0.3) is 11.5 Å². The molecule has 2 aromatic carbocycles. The highest BCUT2D eigenvalue weighted by Gasteiger charge is 2.14. The Morgan fingerprint density at radius 1 is 0.818 bits per heavy atom. The van der Waals surface area contributed by atoms with Gasteiger partial charge in [0.05, 0.1) is 10.0 Å². The van der Waals surface area contributed by atoms with E-state index in [1.165, 1.54) is 99.9 Å². The Hall–Kier alpha value is -2.12. The Morgan fingerprint density at radius 3 is 2.05 bits per heavy atom. The molecule has 1 aromatic heterocycles. The van der Waals surface area contributed by atoms with Gasteiger partial charge in [-0.3, -0.25) is 14.7 Å². The van der Waals surface area contributed by atoms with Crippen molar-refractivity contribution in [3.05, 3.63) is 73.4 Å². The minimum atomic E-state index is -0.351. The molecule has 3 N–H and O–H groups in total. The zero-order valence-corrected chi connectivity index (χ0v) is 28.7. The fraction of sp³-hybridized carbons (Fsp3) is 0.529. The van der Waals surface area contributed by atoms with Gasteiger partial charge in [0.2, 0.25) is 0 Å². The molecule has 0 saturated carbocycles. The summed E-state index contributed by atoms with van der Waals surface area (Å²) in [7, 11) is 0. The van der Waals surface area contributed by atoms with Gasteiger partial charge in [-0.2, -0.15) is 0 Å². The molecule has 1 unspecified atom stereocenters. The van der Waals surface area contributed by atoms with Gasteiger partial charge in [0.1, 0.15) is 11.5 Å². The van der Waals surface area contributed by atoms with E-state index in [-0.39, 0.29) is 21.5 Å². The number of nitrogens with zero attached hydrogens (tertiary/aromatic N) is 1. The van der Waals surface area contributed by atoms with Gasteiger partial charge in [-0.25, -0.2) is 4.68 Å². The fourth-order valence-corrected chi connectivity index (χ4v) is 6.53. The Kier molecular flexibility index (Phi) is 16.6. The lowest BCUT2D eigenvalue weighted by atomic mass is 10.0. The van der Waals surface area contributed by atoms with E-state index in [1.807, 2.05) is 6.07 Å². The minimum absolute atomic E-state index is 0.125. The van der Waals surface area contributed by atoms with Gasteiger partial charge < -0.3 is 10.6 Å². The van der Waals surface area contributed by atoms with E-state index in [2.05, 4.69) is 22.7 Å². The third-order valence-corrected chi connectivity index (χ3v) is 8.91. The average molecular weight is 685 g/mol. The van der Waals surface area contributed by atoms with E-state index < -0.39 is 0 Å². The van der Waals surface area contributed by atoms with Crippen molar-refractivity contribution in [2.24, 2.45) is 0 Å². The Balaban J connectivity index is 1.29. The van der Waals surface area contributed by atoms with Gasteiger partial charge in [-0.05, 0) is 49.6 Å². The molecule has 0 aliphatic rings. The number of carbonyl (C=O) groups is 1. The monoisotopic (exact) mass is 682 g/mol. The van der Waals surface area contributed by atoms with Gasteiger partial charge >= 0.3 is 0 Å². The van der Waals surface area contributed by atoms with Crippen LogP contribution in [0.3, 0.4) is 0 Å². The van der Waals surface area contributed by atoms with Crippen LogP contribution in [0, 0.1) is 0 Å². The molecule has 0 spiro atoms. The molecule has 44 heavy (non-hydrogen) atoms. The predicted molar refractivity (Wildman–Crippen MR) is 188 cm³/mol. The summed E-state index contributed by atoms with van der Waals surface area (Å²) in [5.74, 6) is 0.297. The molecule has 242 valence electrons. The predicted octanol–water partition coefficient (Wildman–Crippen LogP) is 11.1. The molecule has 1 atom stereocenters. The molecule has 3 aromatic rings. The number of alkyl halides is 1. The smallest absolute Gasteiger partial charge is 0.273 e. The number of anilines is 2. The Labute approximate surface area is 282 Å².